The quantitative estimate of drug-likeness (QED) is 0.775. The molecule has 21 heavy (non-hydrogen) atoms. The fourth-order valence-electron chi connectivity index (χ4n) is 2.84. The first kappa shape index (κ1) is 13.6. The highest BCUT2D eigenvalue weighted by molar-refractivity contribution is 6.02. The van der Waals surface area contributed by atoms with Crippen LogP contribution in [0.1, 0.15) is 24.3 Å². The average molecular weight is 287 g/mol. The monoisotopic (exact) mass is 287 g/mol. The number of para-hydroxylation sites is 1. The van der Waals surface area contributed by atoms with E-state index in [0.717, 1.165) is 16.2 Å². The SMILES string of the molecule is CN1C(=O)CCC(NC(=O)C2CNc3ccccc32)C1=O. The van der Waals surface area contributed by atoms with Crippen LogP contribution in [0.15, 0.2) is 24.3 Å². The third-order valence-electron chi connectivity index (χ3n) is 4.12. The number of amides is 3. The molecule has 110 valence electrons. The summed E-state index contributed by atoms with van der Waals surface area (Å²) in [7, 11) is 1.45. The second-order valence-corrected chi connectivity index (χ2v) is 5.41. The lowest BCUT2D eigenvalue weighted by Crippen LogP contribution is -2.53. The van der Waals surface area contributed by atoms with Crippen molar-refractivity contribution < 1.29 is 14.4 Å². The van der Waals surface area contributed by atoms with Gasteiger partial charge in [0.25, 0.3) is 5.91 Å². The van der Waals surface area contributed by atoms with Gasteiger partial charge in [0, 0.05) is 25.7 Å². The van der Waals surface area contributed by atoms with E-state index in [1.165, 1.54) is 7.05 Å². The normalized spacial score (nSPS) is 24.5. The molecule has 0 saturated carbocycles. The Morgan fingerprint density at radius 2 is 2.10 bits per heavy atom. The molecule has 2 atom stereocenters. The Balaban J connectivity index is 1.71. The number of piperidine rings is 1. The molecule has 2 aliphatic rings. The van der Waals surface area contributed by atoms with Crippen LogP contribution in [0.3, 0.4) is 0 Å². The number of rotatable bonds is 2. The lowest BCUT2D eigenvalue weighted by Gasteiger charge is -2.28. The number of hydrogen-bond acceptors (Lipinski definition) is 4. The molecule has 2 heterocycles. The van der Waals surface area contributed by atoms with Gasteiger partial charge in [-0.25, -0.2) is 0 Å². The number of benzene rings is 1. The minimum Gasteiger partial charge on any atom is -0.384 e. The summed E-state index contributed by atoms with van der Waals surface area (Å²) in [5, 5.41) is 5.97. The van der Waals surface area contributed by atoms with Crippen molar-refractivity contribution in [2.75, 3.05) is 18.9 Å². The van der Waals surface area contributed by atoms with E-state index in [0.29, 0.717) is 13.0 Å². The van der Waals surface area contributed by atoms with Crippen molar-refractivity contribution >= 4 is 23.4 Å². The predicted molar refractivity (Wildman–Crippen MR) is 76.6 cm³/mol. The number of fused-ring (bicyclic) bond motifs is 1. The number of carbonyl (C=O) groups excluding carboxylic acids is 3. The Hall–Kier alpha value is -2.37. The van der Waals surface area contributed by atoms with Crippen molar-refractivity contribution in [3.63, 3.8) is 0 Å². The van der Waals surface area contributed by atoms with Gasteiger partial charge >= 0.3 is 0 Å². The van der Waals surface area contributed by atoms with E-state index in [4.69, 9.17) is 0 Å². The molecule has 3 amide bonds. The molecule has 0 aromatic heterocycles. The highest BCUT2D eigenvalue weighted by Gasteiger charge is 2.35. The number of anilines is 1. The first-order chi connectivity index (χ1) is 10.1. The molecular formula is C15H17N3O3. The van der Waals surface area contributed by atoms with Crippen LogP contribution in [0.5, 0.6) is 0 Å². The van der Waals surface area contributed by atoms with E-state index in [1.54, 1.807) is 0 Å². The number of nitrogens with one attached hydrogen (secondary N) is 2. The summed E-state index contributed by atoms with van der Waals surface area (Å²) in [6.07, 6.45) is 0.655. The summed E-state index contributed by atoms with van der Waals surface area (Å²) >= 11 is 0. The van der Waals surface area contributed by atoms with E-state index in [9.17, 15) is 14.4 Å². The molecule has 6 nitrogen and oxygen atoms in total. The number of likely N-dealkylation sites (N-methyl/N-ethyl adjacent to an activating group) is 1. The van der Waals surface area contributed by atoms with E-state index in [1.807, 2.05) is 24.3 Å². The Morgan fingerprint density at radius 3 is 2.90 bits per heavy atom. The molecular weight excluding hydrogens is 270 g/mol. The predicted octanol–water partition coefficient (Wildman–Crippen LogP) is 0.459. The maximum atomic E-state index is 12.4. The van der Waals surface area contributed by atoms with Crippen LogP contribution in [-0.2, 0) is 14.4 Å². The van der Waals surface area contributed by atoms with E-state index in [-0.39, 0.29) is 30.1 Å². The summed E-state index contributed by atoms with van der Waals surface area (Å²) in [5.41, 5.74) is 1.91. The molecule has 3 rings (SSSR count). The standard InChI is InChI=1S/C15H17N3O3/c1-18-13(19)7-6-12(15(18)21)17-14(20)10-8-16-11-5-3-2-4-9(10)11/h2-5,10,12,16H,6-8H2,1H3,(H,17,20). The smallest absolute Gasteiger partial charge is 0.251 e. The minimum atomic E-state index is -0.604. The molecule has 1 fully saturated rings. The third kappa shape index (κ3) is 2.37. The van der Waals surface area contributed by atoms with Gasteiger partial charge in [-0.1, -0.05) is 18.2 Å². The van der Waals surface area contributed by atoms with Crippen LogP contribution in [0.2, 0.25) is 0 Å². The highest BCUT2D eigenvalue weighted by Crippen LogP contribution is 2.31. The molecule has 1 aromatic rings. The third-order valence-corrected chi connectivity index (χ3v) is 4.12. The number of carbonyl (C=O) groups is 3. The van der Waals surface area contributed by atoms with Crippen molar-refractivity contribution in [3.05, 3.63) is 29.8 Å². The second kappa shape index (κ2) is 5.20. The molecule has 2 N–H and O–H groups in total. The van der Waals surface area contributed by atoms with Gasteiger partial charge in [-0.05, 0) is 18.1 Å². The Morgan fingerprint density at radius 1 is 1.33 bits per heavy atom. The summed E-state index contributed by atoms with van der Waals surface area (Å²) < 4.78 is 0. The van der Waals surface area contributed by atoms with Gasteiger partial charge in [0.1, 0.15) is 6.04 Å². The van der Waals surface area contributed by atoms with Crippen LogP contribution in [0.25, 0.3) is 0 Å². The van der Waals surface area contributed by atoms with E-state index in [2.05, 4.69) is 10.6 Å². The summed E-state index contributed by atoms with van der Waals surface area (Å²) in [6, 6.07) is 7.05. The lowest BCUT2D eigenvalue weighted by atomic mass is 9.98. The molecule has 2 aliphatic heterocycles. The Kier molecular flexibility index (Phi) is 3.37. The van der Waals surface area contributed by atoms with Gasteiger partial charge in [0.2, 0.25) is 11.8 Å². The van der Waals surface area contributed by atoms with Gasteiger partial charge in [-0.2, -0.15) is 0 Å². The molecule has 1 aromatic carbocycles. The van der Waals surface area contributed by atoms with E-state index >= 15 is 0 Å². The molecule has 0 aliphatic carbocycles. The van der Waals surface area contributed by atoms with Crippen molar-refractivity contribution in [1.29, 1.82) is 0 Å². The fourth-order valence-corrected chi connectivity index (χ4v) is 2.84. The summed E-state index contributed by atoms with van der Waals surface area (Å²) in [6.45, 7) is 0.529. The molecule has 1 saturated heterocycles. The average Bonchev–Trinajstić information content (AvgIpc) is 2.92. The van der Waals surface area contributed by atoms with Crippen LogP contribution < -0.4 is 10.6 Å². The number of imide groups is 1. The Bertz CT molecular complexity index is 614. The molecule has 6 heteroatoms. The minimum absolute atomic E-state index is 0.173. The maximum Gasteiger partial charge on any atom is 0.251 e. The number of hydrogen-bond donors (Lipinski definition) is 2. The zero-order chi connectivity index (χ0) is 15.0. The van der Waals surface area contributed by atoms with Gasteiger partial charge in [0.15, 0.2) is 0 Å². The topological polar surface area (TPSA) is 78.5 Å². The van der Waals surface area contributed by atoms with Crippen LogP contribution in [0, 0.1) is 0 Å². The highest BCUT2D eigenvalue weighted by atomic mass is 16.2. The molecule has 0 bridgehead atoms. The van der Waals surface area contributed by atoms with Gasteiger partial charge in [-0.15, -0.1) is 0 Å². The molecule has 0 radical (unpaired) electrons. The van der Waals surface area contributed by atoms with Gasteiger partial charge in [0.05, 0.1) is 5.92 Å². The zero-order valence-corrected chi connectivity index (χ0v) is 11.8. The van der Waals surface area contributed by atoms with Gasteiger partial charge in [-0.3, -0.25) is 19.3 Å². The van der Waals surface area contributed by atoms with Crippen molar-refractivity contribution in [2.45, 2.75) is 24.8 Å². The summed E-state index contributed by atoms with van der Waals surface area (Å²) in [4.78, 5) is 36.9. The summed E-state index contributed by atoms with van der Waals surface area (Å²) in [5.74, 6) is -0.997. The molecule has 2 unspecified atom stereocenters. The van der Waals surface area contributed by atoms with Crippen LogP contribution in [0.4, 0.5) is 5.69 Å². The number of likely N-dealkylation sites (tertiary alicyclic amines) is 1. The first-order valence-corrected chi connectivity index (χ1v) is 7.01. The molecule has 0 spiro atoms. The van der Waals surface area contributed by atoms with Crippen molar-refractivity contribution in [1.82, 2.24) is 10.2 Å². The maximum absolute atomic E-state index is 12.4. The zero-order valence-electron chi connectivity index (χ0n) is 11.8. The number of nitrogens with zero attached hydrogens (tertiary/aromatic N) is 1. The van der Waals surface area contributed by atoms with E-state index < -0.39 is 6.04 Å². The first-order valence-electron chi connectivity index (χ1n) is 7.01. The van der Waals surface area contributed by atoms with Crippen LogP contribution >= 0.6 is 0 Å². The Labute approximate surface area is 122 Å². The van der Waals surface area contributed by atoms with Crippen LogP contribution in [-0.4, -0.2) is 42.3 Å². The largest absolute Gasteiger partial charge is 0.384 e. The van der Waals surface area contributed by atoms with Crippen molar-refractivity contribution in [2.24, 2.45) is 0 Å². The van der Waals surface area contributed by atoms with Crippen molar-refractivity contribution in [3.8, 4) is 0 Å². The lowest BCUT2D eigenvalue weighted by molar-refractivity contribution is -0.149. The second-order valence-electron chi connectivity index (χ2n) is 5.41. The fraction of sp³-hybridized carbons (Fsp3) is 0.400. The van der Waals surface area contributed by atoms with Gasteiger partial charge < -0.3 is 10.6 Å².